The van der Waals surface area contributed by atoms with E-state index in [0.29, 0.717) is 45.6 Å². The second-order valence-electron chi connectivity index (χ2n) is 14.2. The number of anilines is 1. The number of benzene rings is 1. The number of hydrogen-bond donors (Lipinski definition) is 0. The van der Waals surface area contributed by atoms with E-state index in [0.717, 1.165) is 35.3 Å². The first-order chi connectivity index (χ1) is 20.7. The fourth-order valence-electron chi connectivity index (χ4n) is 6.55. The zero-order chi connectivity index (χ0) is 31.8. The lowest BCUT2D eigenvalue weighted by atomic mass is 9.91. The van der Waals surface area contributed by atoms with Crippen LogP contribution < -0.4 is 4.90 Å². The molecule has 0 unspecified atom stereocenters. The van der Waals surface area contributed by atoms with Gasteiger partial charge >= 0.3 is 6.09 Å². The Morgan fingerprint density at radius 3 is 2.50 bits per heavy atom. The summed E-state index contributed by atoms with van der Waals surface area (Å²) in [6, 6.07) is 8.09. The molecule has 44 heavy (non-hydrogen) atoms. The largest absolute Gasteiger partial charge is 0.444 e. The fraction of sp³-hybridized carbons (Fsp3) is 0.588. The molecule has 1 aromatic carbocycles. The molecule has 238 valence electrons. The van der Waals surface area contributed by atoms with Crippen LogP contribution in [0.25, 0.3) is 0 Å². The third-order valence-corrected chi connectivity index (χ3v) is 8.81. The van der Waals surface area contributed by atoms with E-state index in [1.54, 1.807) is 17.0 Å². The van der Waals surface area contributed by atoms with Gasteiger partial charge in [0.15, 0.2) is 0 Å². The molecule has 3 aliphatic rings. The summed E-state index contributed by atoms with van der Waals surface area (Å²) >= 11 is 0. The van der Waals surface area contributed by atoms with Crippen LogP contribution in [0.1, 0.15) is 77.6 Å². The summed E-state index contributed by atoms with van der Waals surface area (Å²) in [5, 5.41) is 0. The van der Waals surface area contributed by atoms with Crippen molar-refractivity contribution in [2.45, 2.75) is 90.3 Å². The first-order valence-corrected chi connectivity index (χ1v) is 15.8. The summed E-state index contributed by atoms with van der Waals surface area (Å²) in [5.74, 6) is -0.186. The molecule has 2 aromatic rings. The van der Waals surface area contributed by atoms with Gasteiger partial charge in [-0.2, -0.15) is 0 Å². The van der Waals surface area contributed by atoms with Crippen LogP contribution in [0.3, 0.4) is 0 Å². The van der Waals surface area contributed by atoms with Gasteiger partial charge in [-0.3, -0.25) is 19.5 Å². The maximum atomic E-state index is 14.1. The van der Waals surface area contributed by atoms with E-state index in [1.165, 1.54) is 12.1 Å². The van der Waals surface area contributed by atoms with Crippen LogP contribution in [0.4, 0.5) is 14.9 Å². The van der Waals surface area contributed by atoms with Crippen LogP contribution in [0.15, 0.2) is 36.5 Å². The van der Waals surface area contributed by atoms with Crippen molar-refractivity contribution in [2.75, 3.05) is 44.2 Å². The van der Waals surface area contributed by atoms with Crippen molar-refractivity contribution in [1.82, 2.24) is 19.7 Å². The number of nitrogens with zero attached hydrogens (tertiary/aromatic N) is 5. The van der Waals surface area contributed by atoms with Gasteiger partial charge in [0.2, 0.25) is 11.8 Å². The Morgan fingerprint density at radius 1 is 1.09 bits per heavy atom. The highest BCUT2D eigenvalue weighted by Gasteiger charge is 2.43. The van der Waals surface area contributed by atoms with Crippen molar-refractivity contribution in [3.8, 4) is 0 Å². The lowest BCUT2D eigenvalue weighted by Gasteiger charge is -2.47. The molecule has 2 fully saturated rings. The Morgan fingerprint density at radius 2 is 1.82 bits per heavy atom. The number of amides is 3. The molecule has 0 saturated carbocycles. The second kappa shape index (κ2) is 12.5. The van der Waals surface area contributed by atoms with Gasteiger partial charge in [-0.1, -0.05) is 26.0 Å². The van der Waals surface area contributed by atoms with Gasteiger partial charge in [0.25, 0.3) is 0 Å². The molecule has 2 atom stereocenters. The van der Waals surface area contributed by atoms with Gasteiger partial charge in [-0.25, -0.2) is 9.18 Å². The first kappa shape index (κ1) is 31.9. The molecule has 2 saturated heterocycles. The zero-order valence-electron chi connectivity index (χ0n) is 26.9. The highest BCUT2D eigenvalue weighted by Crippen LogP contribution is 2.40. The molecule has 0 spiro atoms. The van der Waals surface area contributed by atoms with Crippen molar-refractivity contribution in [3.63, 3.8) is 0 Å². The quantitative estimate of drug-likeness (QED) is 0.471. The maximum Gasteiger partial charge on any atom is 0.410 e. The minimum Gasteiger partial charge on any atom is -0.444 e. The number of halogens is 1. The molecule has 10 heteroatoms. The van der Waals surface area contributed by atoms with Crippen LogP contribution in [-0.2, 0) is 26.2 Å². The minimum absolute atomic E-state index is 0.0366. The molecule has 0 radical (unpaired) electrons. The second-order valence-corrected chi connectivity index (χ2v) is 14.2. The van der Waals surface area contributed by atoms with Crippen molar-refractivity contribution >= 4 is 23.6 Å². The van der Waals surface area contributed by atoms with Gasteiger partial charge in [0.05, 0.1) is 17.9 Å². The molecule has 3 aliphatic heterocycles. The lowest BCUT2D eigenvalue weighted by Crippen LogP contribution is -2.64. The summed E-state index contributed by atoms with van der Waals surface area (Å²) in [4.78, 5) is 52.4. The number of piperazine rings is 1. The number of fused-ring (bicyclic) bond motifs is 1. The van der Waals surface area contributed by atoms with Gasteiger partial charge in [-0.15, -0.1) is 0 Å². The molecular weight excluding hydrogens is 561 g/mol. The van der Waals surface area contributed by atoms with Crippen LogP contribution in [0, 0.1) is 5.82 Å². The van der Waals surface area contributed by atoms with Crippen LogP contribution in [0.5, 0.6) is 0 Å². The normalized spacial score (nSPS) is 22.2. The zero-order valence-corrected chi connectivity index (χ0v) is 26.9. The molecule has 0 N–H and O–H groups in total. The van der Waals surface area contributed by atoms with E-state index in [2.05, 4.69) is 18.7 Å². The summed E-state index contributed by atoms with van der Waals surface area (Å²) in [6.07, 6.45) is 4.44. The number of rotatable bonds is 6. The highest BCUT2D eigenvalue weighted by molar-refractivity contribution is 5.97. The molecule has 3 amide bonds. The third-order valence-electron chi connectivity index (χ3n) is 8.81. The number of piperidine rings is 1. The van der Waals surface area contributed by atoms with Crippen LogP contribution in [0.2, 0.25) is 0 Å². The van der Waals surface area contributed by atoms with Gasteiger partial charge in [-0.05, 0) is 76.3 Å². The van der Waals surface area contributed by atoms with E-state index in [9.17, 15) is 18.8 Å². The van der Waals surface area contributed by atoms with E-state index in [-0.39, 0.29) is 47.8 Å². The van der Waals surface area contributed by atoms with Gasteiger partial charge in [0.1, 0.15) is 11.4 Å². The first-order valence-electron chi connectivity index (χ1n) is 15.8. The minimum atomic E-state index is -0.623. The lowest BCUT2D eigenvalue weighted by molar-refractivity contribution is -0.134. The number of hydrogen-bond acceptors (Lipinski definition) is 6. The summed E-state index contributed by atoms with van der Waals surface area (Å²) in [6.45, 7) is 14.4. The molecule has 0 aliphatic carbocycles. The summed E-state index contributed by atoms with van der Waals surface area (Å²) in [7, 11) is 0. The number of pyridine rings is 1. The average Bonchev–Trinajstić information content (AvgIpc) is 3.21. The van der Waals surface area contributed by atoms with Crippen molar-refractivity contribution in [3.05, 3.63) is 59.2 Å². The monoisotopic (exact) mass is 607 g/mol. The predicted octanol–water partition coefficient (Wildman–Crippen LogP) is 4.76. The molecule has 1 aromatic heterocycles. The molecular formula is C34H46FN5O4. The number of carbonyl (C=O) groups is 3. The van der Waals surface area contributed by atoms with E-state index in [4.69, 9.17) is 9.72 Å². The number of aromatic nitrogens is 1. The SMILES string of the molecule is C[C@@H]1CN(CC(=O)N2CC(C)(C)c3ncc(Cc4ccc(F)cc4)cc32)[C@@H](CN2CCCCC2=O)CN1C(=O)OC(C)(C)C. The molecule has 5 rings (SSSR count). The van der Waals surface area contributed by atoms with Crippen LogP contribution >= 0.6 is 0 Å². The average molecular weight is 608 g/mol. The standard InChI is InChI=1S/C34H46FN5O4/c1-23-18-38(27(19-37-14-8-7-9-29(37)41)20-39(23)32(43)44-33(2,3)4)21-30(42)40-22-34(5,6)31-28(40)16-25(17-36-31)15-24-10-12-26(35)13-11-24/h10-13,16-17,23,27H,7-9,14-15,18-22H2,1-6H3/t23-,27+/m1/s1. The van der Waals surface area contributed by atoms with Crippen molar-refractivity contribution in [2.24, 2.45) is 0 Å². The maximum absolute atomic E-state index is 14.1. The predicted molar refractivity (Wildman–Crippen MR) is 167 cm³/mol. The smallest absolute Gasteiger partial charge is 0.410 e. The fourth-order valence-corrected chi connectivity index (χ4v) is 6.55. The van der Waals surface area contributed by atoms with Crippen molar-refractivity contribution < 1.29 is 23.5 Å². The Labute approximate surface area is 260 Å². The number of ether oxygens (including phenoxy) is 1. The Balaban J connectivity index is 1.36. The molecule has 9 nitrogen and oxygen atoms in total. The van der Waals surface area contributed by atoms with E-state index < -0.39 is 5.60 Å². The summed E-state index contributed by atoms with van der Waals surface area (Å²) < 4.78 is 19.2. The summed E-state index contributed by atoms with van der Waals surface area (Å²) in [5.41, 5.74) is 2.67. The van der Waals surface area contributed by atoms with E-state index in [1.807, 2.05) is 49.8 Å². The highest BCUT2D eigenvalue weighted by atomic mass is 19.1. The topological polar surface area (TPSA) is 86.3 Å². The van der Waals surface area contributed by atoms with Gasteiger partial charge < -0.3 is 19.4 Å². The number of carbonyl (C=O) groups excluding carboxylic acids is 3. The van der Waals surface area contributed by atoms with E-state index >= 15 is 0 Å². The molecule has 0 bridgehead atoms. The molecule has 4 heterocycles. The number of likely N-dealkylation sites (tertiary alicyclic amines) is 1. The van der Waals surface area contributed by atoms with Gasteiger partial charge in [0, 0.05) is 62.8 Å². The Bertz CT molecular complexity index is 1390. The van der Waals surface area contributed by atoms with Crippen LogP contribution in [-0.4, -0.2) is 94.5 Å². The Kier molecular flexibility index (Phi) is 9.03. The Hall–Kier alpha value is -3.53. The third kappa shape index (κ3) is 7.22. The van der Waals surface area contributed by atoms with Crippen molar-refractivity contribution in [1.29, 1.82) is 0 Å².